The van der Waals surface area contributed by atoms with Crippen LogP contribution in [0.1, 0.15) is 18.7 Å². The number of methoxy groups -OCH3 is 1. The molecule has 3 fully saturated rings. The second kappa shape index (κ2) is 11.9. The molecule has 0 aromatic carbocycles. The number of hydrogen-bond donors (Lipinski definition) is 6. The lowest BCUT2D eigenvalue weighted by atomic mass is 10.1. The fraction of sp³-hybridized carbons (Fsp3) is 0.522. The fourth-order valence-corrected chi connectivity index (χ4v) is 9.27. The van der Waals surface area contributed by atoms with Crippen molar-refractivity contribution >= 4 is 72.1 Å². The Kier molecular flexibility index (Phi) is 8.25. The number of H-pyrrole nitrogens is 1. The largest absolute Gasteiger partial charge is 0.388 e. The van der Waals surface area contributed by atoms with Crippen LogP contribution in [0.5, 0.6) is 0 Å². The van der Waals surface area contributed by atoms with Gasteiger partial charge in [-0.2, -0.15) is 4.98 Å². The van der Waals surface area contributed by atoms with Gasteiger partial charge in [-0.15, -0.1) is 0 Å². The number of aromatic nitrogens is 7. The number of nitrogens with zero attached hydrogens (tertiary/aromatic N) is 6. The standard InChI is InChI=1S/C23H29N9O10P2S2/c1-37-16-12-6-39-44(36,46)41-15-9(4-11(14(15)33)31-3-2-10-18(24)26-7-27-19(10)31)5-38-43(35,45)42-17(16)22(40-12)32-8-28-13-20(32)29-23(25)30-21(13)34/h2-3,7-9,11-12,14-17,22,33H,4-6H2,1H3,(H,35,45)(H,36,46)(H2,24,26,27)(H3,25,29,30,34)/t9-,11-,12-,14+,15-,16-,17-,22-,43+,44+/m1/s1. The number of hydrogen-bond acceptors (Lipinski definition) is 16. The lowest BCUT2D eigenvalue weighted by Crippen LogP contribution is -2.37. The van der Waals surface area contributed by atoms with Crippen LogP contribution < -0.4 is 17.0 Å². The van der Waals surface area contributed by atoms with E-state index < -0.39 is 74.5 Å². The number of rotatable bonds is 3. The summed E-state index contributed by atoms with van der Waals surface area (Å²) in [6.07, 6.45) is -2.27. The van der Waals surface area contributed by atoms with Crippen LogP contribution in [0, 0.1) is 5.92 Å². The van der Waals surface area contributed by atoms with Gasteiger partial charge in [0.05, 0.1) is 31.0 Å². The second-order valence-electron chi connectivity index (χ2n) is 11.0. The van der Waals surface area contributed by atoms with E-state index in [9.17, 15) is 19.0 Å². The first kappa shape index (κ1) is 32.0. The summed E-state index contributed by atoms with van der Waals surface area (Å²) in [6.45, 7) is -9.10. The van der Waals surface area contributed by atoms with Crippen molar-refractivity contribution in [1.29, 1.82) is 0 Å². The molecule has 2 bridgehead atoms. The maximum Gasteiger partial charge on any atom is 0.386 e. The molecule has 3 aliphatic rings. The monoisotopic (exact) mass is 717 g/mol. The summed E-state index contributed by atoms with van der Waals surface area (Å²) >= 11 is 8.42. The number of nitrogens with two attached hydrogens (primary N) is 2. The highest BCUT2D eigenvalue weighted by Gasteiger charge is 2.53. The zero-order chi connectivity index (χ0) is 32.5. The average Bonchev–Trinajstić information content (AvgIpc) is 3.75. The van der Waals surface area contributed by atoms with Crippen molar-refractivity contribution in [2.24, 2.45) is 5.92 Å². The summed E-state index contributed by atoms with van der Waals surface area (Å²) in [5.41, 5.74) is 11.7. The van der Waals surface area contributed by atoms with Crippen molar-refractivity contribution in [3.63, 3.8) is 0 Å². The Hall–Kier alpha value is -2.55. The van der Waals surface area contributed by atoms with E-state index in [1.54, 1.807) is 16.8 Å². The van der Waals surface area contributed by atoms with Crippen LogP contribution in [0.3, 0.4) is 0 Å². The van der Waals surface area contributed by atoms with E-state index in [1.165, 1.54) is 24.3 Å². The molecule has 4 aromatic rings. The van der Waals surface area contributed by atoms with Crippen LogP contribution in [-0.2, 0) is 36.7 Å². The molecular formula is C23H29N9O10P2S2. The Morgan fingerprint density at radius 1 is 1.07 bits per heavy atom. The van der Waals surface area contributed by atoms with Gasteiger partial charge in [0.25, 0.3) is 5.56 Å². The Morgan fingerprint density at radius 3 is 2.57 bits per heavy atom. The molecule has 2 aliphatic heterocycles. The first-order valence-electron chi connectivity index (χ1n) is 13.8. The molecule has 0 amide bonds. The number of nitrogen functional groups attached to an aromatic ring is 2. The number of aromatic amines is 1. The summed E-state index contributed by atoms with van der Waals surface area (Å²) in [5.74, 6) is -0.602. The smallest absolute Gasteiger partial charge is 0.386 e. The maximum absolute atomic E-state index is 13.8. The maximum atomic E-state index is 13.8. The van der Waals surface area contributed by atoms with Gasteiger partial charge in [-0.1, -0.05) is 24.5 Å². The fourth-order valence-electron chi connectivity index (χ4n) is 6.25. The third-order valence-electron chi connectivity index (χ3n) is 8.28. The first-order chi connectivity index (χ1) is 21.9. The van der Waals surface area contributed by atoms with Gasteiger partial charge in [0.1, 0.15) is 48.3 Å². The van der Waals surface area contributed by atoms with E-state index in [2.05, 4.69) is 49.4 Å². The summed E-state index contributed by atoms with van der Waals surface area (Å²) in [4.78, 5) is 31.4. The number of aliphatic hydroxyl groups is 1. The molecule has 1 saturated carbocycles. The predicted molar refractivity (Wildman–Crippen MR) is 167 cm³/mol. The lowest BCUT2D eigenvalue weighted by Gasteiger charge is -2.27. The topological polar surface area (TPSA) is 256 Å². The predicted octanol–water partition coefficient (Wildman–Crippen LogP) is 1.46. The van der Waals surface area contributed by atoms with E-state index in [-0.39, 0.29) is 36.0 Å². The van der Waals surface area contributed by atoms with Crippen molar-refractivity contribution in [3.05, 3.63) is 35.3 Å². The van der Waals surface area contributed by atoms with Gasteiger partial charge in [-0.05, 0) is 12.5 Å². The number of aliphatic hydroxyl groups excluding tert-OH is 1. The molecule has 46 heavy (non-hydrogen) atoms. The van der Waals surface area contributed by atoms with Crippen molar-refractivity contribution in [3.8, 4) is 0 Å². The molecule has 1 aliphatic carbocycles. The van der Waals surface area contributed by atoms with Crippen LogP contribution >= 0.6 is 38.1 Å². The molecule has 0 unspecified atom stereocenters. The molecule has 4 aromatic heterocycles. The summed E-state index contributed by atoms with van der Waals surface area (Å²) < 4.78 is 65.5. The summed E-state index contributed by atoms with van der Waals surface area (Å²) in [5, 5.41) is 12.0. The van der Waals surface area contributed by atoms with Crippen LogP contribution in [0.25, 0.3) is 22.2 Å². The zero-order valence-electron chi connectivity index (χ0n) is 23.8. The first-order valence-corrected chi connectivity index (χ1v) is 19.2. The van der Waals surface area contributed by atoms with E-state index >= 15 is 0 Å². The van der Waals surface area contributed by atoms with Gasteiger partial charge >= 0.3 is 13.6 Å². The van der Waals surface area contributed by atoms with Crippen LogP contribution in [0.15, 0.2) is 29.7 Å². The Labute approximate surface area is 269 Å². The number of thiol groups is 2. The van der Waals surface area contributed by atoms with Crippen LogP contribution in [0.2, 0.25) is 0 Å². The minimum Gasteiger partial charge on any atom is -0.388 e. The van der Waals surface area contributed by atoms with Crippen molar-refractivity contribution in [2.75, 3.05) is 31.8 Å². The minimum absolute atomic E-state index is 0.0387. The highest BCUT2D eigenvalue weighted by Crippen LogP contribution is 2.61. The normalized spacial score (nSPS) is 37.1. The molecule has 0 spiro atoms. The highest BCUT2D eigenvalue weighted by atomic mass is 32.7. The average molecular weight is 718 g/mol. The summed E-state index contributed by atoms with van der Waals surface area (Å²) in [7, 11) is 1.36. The molecule has 23 heteroatoms. The third kappa shape index (κ3) is 5.66. The molecule has 248 valence electrons. The van der Waals surface area contributed by atoms with Crippen molar-refractivity contribution in [2.45, 2.75) is 49.2 Å². The molecule has 19 nitrogen and oxygen atoms in total. The van der Waals surface area contributed by atoms with Crippen molar-refractivity contribution < 1.29 is 41.8 Å². The van der Waals surface area contributed by atoms with Gasteiger partial charge < -0.3 is 35.1 Å². The number of fused-ring (bicyclic) bond motifs is 5. The minimum atomic E-state index is -4.22. The van der Waals surface area contributed by atoms with Crippen molar-refractivity contribution in [1.82, 2.24) is 34.1 Å². The Morgan fingerprint density at radius 2 is 1.80 bits per heavy atom. The van der Waals surface area contributed by atoms with Gasteiger partial charge in [0.15, 0.2) is 17.4 Å². The van der Waals surface area contributed by atoms with Gasteiger partial charge in [0.2, 0.25) is 5.95 Å². The quantitative estimate of drug-likeness (QED) is 0.129. The van der Waals surface area contributed by atoms with Gasteiger partial charge in [-0.3, -0.25) is 27.9 Å². The van der Waals surface area contributed by atoms with E-state index in [4.69, 9.17) is 39.0 Å². The summed E-state index contributed by atoms with van der Waals surface area (Å²) in [6, 6.07) is 1.07. The zero-order valence-corrected chi connectivity index (χ0v) is 27.4. The molecule has 6 N–H and O–H groups in total. The van der Waals surface area contributed by atoms with E-state index in [0.29, 0.717) is 11.0 Å². The Balaban J connectivity index is 1.22. The highest BCUT2D eigenvalue weighted by molar-refractivity contribution is 8.44. The number of nitrogens with one attached hydrogen (secondary N) is 1. The lowest BCUT2D eigenvalue weighted by molar-refractivity contribution is -0.0542. The van der Waals surface area contributed by atoms with Crippen LogP contribution in [-0.4, -0.2) is 90.0 Å². The molecule has 0 radical (unpaired) electrons. The van der Waals surface area contributed by atoms with E-state index in [1.807, 2.05) is 0 Å². The molecule has 7 rings (SSSR count). The molecule has 2 saturated heterocycles. The van der Waals surface area contributed by atoms with E-state index in [0.717, 1.165) is 0 Å². The Bertz CT molecular complexity index is 1960. The number of imidazole rings is 1. The molecule has 10 atom stereocenters. The third-order valence-corrected chi connectivity index (χ3v) is 11.5. The number of anilines is 2. The molecular weight excluding hydrogens is 688 g/mol. The van der Waals surface area contributed by atoms with Crippen LogP contribution in [0.4, 0.5) is 11.8 Å². The van der Waals surface area contributed by atoms with Gasteiger partial charge in [-0.25, -0.2) is 24.1 Å². The SMILES string of the molecule is CO[C@H]1[C@H]2O[P@@](=O)(S)OC[C@H]3C[C@@H](n4ccc5c(N)ncnc54)[C@H](O)[C@@H]3O[P@@](=O)(S)OC[C@H]1O[C@H]2n1cnc2c(=O)[nH]c(N)nc21. The number of ether oxygens (including phenoxy) is 2. The second-order valence-corrected chi connectivity index (χ2v) is 16.7. The molecule has 6 heterocycles. The van der Waals surface area contributed by atoms with Gasteiger partial charge in [0, 0.05) is 19.2 Å².